The van der Waals surface area contributed by atoms with E-state index in [0.29, 0.717) is 12.1 Å². The molecule has 1 aliphatic heterocycles. The predicted octanol–water partition coefficient (Wildman–Crippen LogP) is 2.90. The number of nitrogens with zero attached hydrogens (tertiary/aromatic N) is 2. The number of pyridine rings is 1. The van der Waals surface area contributed by atoms with Gasteiger partial charge in [-0.05, 0) is 41.8 Å². The van der Waals surface area contributed by atoms with Gasteiger partial charge in [-0.1, -0.05) is 42.5 Å². The van der Waals surface area contributed by atoms with Gasteiger partial charge in [0.25, 0.3) is 5.91 Å². The van der Waals surface area contributed by atoms with Gasteiger partial charge in [0.1, 0.15) is 0 Å². The molecular weight excluding hydrogens is 362 g/mol. The Labute approximate surface area is 171 Å². The first-order valence-corrected chi connectivity index (χ1v) is 9.96. The number of rotatable bonds is 6. The molecule has 1 unspecified atom stereocenters. The lowest BCUT2D eigenvalue weighted by molar-refractivity contribution is 0.0842. The highest BCUT2D eigenvalue weighted by Crippen LogP contribution is 2.19. The van der Waals surface area contributed by atoms with Crippen molar-refractivity contribution in [3.05, 3.63) is 89.6 Å². The van der Waals surface area contributed by atoms with E-state index in [1.54, 1.807) is 12.3 Å². The zero-order valence-electron chi connectivity index (χ0n) is 16.3. The van der Waals surface area contributed by atoms with Crippen molar-refractivity contribution in [2.75, 3.05) is 19.6 Å². The van der Waals surface area contributed by atoms with Crippen molar-refractivity contribution < 1.29 is 9.90 Å². The number of carbonyl (C=O) groups excluding carboxylic acids is 1. The van der Waals surface area contributed by atoms with Crippen LogP contribution in [-0.4, -0.2) is 46.6 Å². The van der Waals surface area contributed by atoms with E-state index in [1.807, 2.05) is 36.4 Å². The fourth-order valence-electron chi connectivity index (χ4n) is 3.74. The number of carbonyl (C=O) groups is 1. The normalized spacial score (nSPS) is 14.8. The van der Waals surface area contributed by atoms with Gasteiger partial charge in [-0.25, -0.2) is 0 Å². The van der Waals surface area contributed by atoms with Crippen LogP contribution >= 0.6 is 0 Å². The van der Waals surface area contributed by atoms with Crippen molar-refractivity contribution >= 4 is 5.91 Å². The summed E-state index contributed by atoms with van der Waals surface area (Å²) in [5, 5.41) is 13.3. The molecule has 1 atom stereocenters. The molecule has 29 heavy (non-hydrogen) atoms. The van der Waals surface area contributed by atoms with Gasteiger partial charge in [-0.15, -0.1) is 0 Å². The largest absolute Gasteiger partial charge is 0.390 e. The van der Waals surface area contributed by atoms with Gasteiger partial charge in [0, 0.05) is 43.5 Å². The Bertz CT molecular complexity index is 975. The SMILES string of the molecule is O=C(NCC(O)CN1CCc2ccccc2C1)c1cccc(-c2ccccn2)c1. The molecule has 2 N–H and O–H groups in total. The lowest BCUT2D eigenvalue weighted by Gasteiger charge is -2.30. The molecule has 3 aromatic rings. The van der Waals surface area contributed by atoms with E-state index < -0.39 is 6.10 Å². The molecule has 0 radical (unpaired) electrons. The van der Waals surface area contributed by atoms with Crippen molar-refractivity contribution in [1.29, 1.82) is 0 Å². The molecule has 148 valence electrons. The number of hydrogen-bond acceptors (Lipinski definition) is 4. The van der Waals surface area contributed by atoms with Crippen LogP contribution in [0.1, 0.15) is 21.5 Å². The van der Waals surface area contributed by atoms with Gasteiger partial charge >= 0.3 is 0 Å². The third-order valence-electron chi connectivity index (χ3n) is 5.26. The number of aliphatic hydroxyl groups excluding tert-OH is 1. The van der Waals surface area contributed by atoms with Crippen molar-refractivity contribution in [3.8, 4) is 11.3 Å². The average molecular weight is 387 g/mol. The zero-order valence-corrected chi connectivity index (χ0v) is 16.3. The van der Waals surface area contributed by atoms with Crippen LogP contribution < -0.4 is 5.32 Å². The Hall–Kier alpha value is -3.02. The maximum absolute atomic E-state index is 12.5. The first-order valence-electron chi connectivity index (χ1n) is 9.96. The molecule has 5 nitrogen and oxygen atoms in total. The molecular formula is C24H25N3O2. The topological polar surface area (TPSA) is 65.5 Å². The van der Waals surface area contributed by atoms with E-state index >= 15 is 0 Å². The molecule has 0 bridgehead atoms. The Kier molecular flexibility index (Phi) is 5.98. The number of aliphatic hydroxyl groups is 1. The minimum Gasteiger partial charge on any atom is -0.390 e. The van der Waals surface area contributed by atoms with Gasteiger partial charge in [0.15, 0.2) is 0 Å². The summed E-state index contributed by atoms with van der Waals surface area (Å²) < 4.78 is 0. The number of β-amino-alcohol motifs (C(OH)–C–C–N with tert-alkyl or cyclic N) is 1. The van der Waals surface area contributed by atoms with E-state index in [9.17, 15) is 9.90 Å². The number of nitrogens with one attached hydrogen (secondary N) is 1. The number of aromatic nitrogens is 1. The summed E-state index contributed by atoms with van der Waals surface area (Å²) in [5.74, 6) is -0.189. The molecule has 1 aromatic heterocycles. The summed E-state index contributed by atoms with van der Waals surface area (Å²) in [6.07, 6.45) is 2.12. The predicted molar refractivity (Wildman–Crippen MR) is 113 cm³/mol. The highest BCUT2D eigenvalue weighted by Gasteiger charge is 2.19. The van der Waals surface area contributed by atoms with Crippen LogP contribution in [0.25, 0.3) is 11.3 Å². The van der Waals surface area contributed by atoms with E-state index in [-0.39, 0.29) is 12.5 Å². The van der Waals surface area contributed by atoms with Crippen molar-refractivity contribution in [2.24, 2.45) is 0 Å². The van der Waals surface area contributed by atoms with Crippen molar-refractivity contribution in [1.82, 2.24) is 15.2 Å². The molecule has 0 fully saturated rings. The first kappa shape index (κ1) is 19.3. The van der Waals surface area contributed by atoms with Crippen molar-refractivity contribution in [3.63, 3.8) is 0 Å². The second-order valence-electron chi connectivity index (χ2n) is 7.41. The molecule has 5 heteroatoms. The Morgan fingerprint density at radius 2 is 1.90 bits per heavy atom. The summed E-state index contributed by atoms with van der Waals surface area (Å²) in [4.78, 5) is 19.1. The smallest absolute Gasteiger partial charge is 0.251 e. The second-order valence-corrected chi connectivity index (χ2v) is 7.41. The molecule has 0 saturated carbocycles. The monoisotopic (exact) mass is 387 g/mol. The van der Waals surface area contributed by atoms with Crippen LogP contribution in [0, 0.1) is 0 Å². The highest BCUT2D eigenvalue weighted by molar-refractivity contribution is 5.95. The third-order valence-corrected chi connectivity index (χ3v) is 5.26. The summed E-state index contributed by atoms with van der Waals surface area (Å²) in [5.41, 5.74) is 4.99. The second kappa shape index (κ2) is 8.99. The Balaban J connectivity index is 1.31. The molecule has 0 saturated heterocycles. The quantitative estimate of drug-likeness (QED) is 0.683. The molecule has 2 heterocycles. The highest BCUT2D eigenvalue weighted by atomic mass is 16.3. The molecule has 1 amide bonds. The number of fused-ring (bicyclic) bond motifs is 1. The lowest BCUT2D eigenvalue weighted by atomic mass is 10.00. The summed E-state index contributed by atoms with van der Waals surface area (Å²) >= 11 is 0. The standard InChI is InChI=1S/C24H25N3O2/c28-22(17-27-13-11-18-6-1-2-7-21(18)16-27)15-26-24(29)20-9-5-8-19(14-20)23-10-3-4-12-25-23/h1-10,12,14,22,28H,11,13,15-17H2,(H,26,29). The Morgan fingerprint density at radius 3 is 2.72 bits per heavy atom. The number of hydrogen-bond donors (Lipinski definition) is 2. The number of benzene rings is 2. The van der Waals surface area contributed by atoms with E-state index in [2.05, 4.69) is 39.5 Å². The van der Waals surface area contributed by atoms with Crippen LogP contribution in [0.15, 0.2) is 72.9 Å². The maximum Gasteiger partial charge on any atom is 0.251 e. The first-order chi connectivity index (χ1) is 14.2. The number of amides is 1. The van der Waals surface area contributed by atoms with Crippen LogP contribution in [0.4, 0.5) is 0 Å². The van der Waals surface area contributed by atoms with Crippen LogP contribution in [-0.2, 0) is 13.0 Å². The van der Waals surface area contributed by atoms with Gasteiger partial charge in [-0.2, -0.15) is 0 Å². The van der Waals surface area contributed by atoms with E-state index in [1.165, 1.54) is 11.1 Å². The molecule has 4 rings (SSSR count). The molecule has 0 spiro atoms. The maximum atomic E-state index is 12.5. The fraction of sp³-hybridized carbons (Fsp3) is 0.250. The summed E-state index contributed by atoms with van der Waals surface area (Å²) in [7, 11) is 0. The van der Waals surface area contributed by atoms with Gasteiger partial charge in [0.2, 0.25) is 0 Å². The van der Waals surface area contributed by atoms with Crippen LogP contribution in [0.3, 0.4) is 0 Å². The van der Waals surface area contributed by atoms with Crippen LogP contribution in [0.2, 0.25) is 0 Å². The average Bonchev–Trinajstić information content (AvgIpc) is 2.78. The van der Waals surface area contributed by atoms with Gasteiger partial charge in [-0.3, -0.25) is 14.7 Å². The molecule has 2 aromatic carbocycles. The Morgan fingerprint density at radius 1 is 1.07 bits per heavy atom. The fourth-order valence-corrected chi connectivity index (χ4v) is 3.74. The van der Waals surface area contributed by atoms with Crippen LogP contribution in [0.5, 0.6) is 0 Å². The third kappa shape index (κ3) is 4.88. The minimum absolute atomic E-state index is 0.189. The lowest BCUT2D eigenvalue weighted by Crippen LogP contribution is -2.42. The summed E-state index contributed by atoms with van der Waals surface area (Å²) in [6.45, 7) is 2.54. The zero-order chi connectivity index (χ0) is 20.1. The van der Waals surface area contributed by atoms with E-state index in [0.717, 1.165) is 30.8 Å². The minimum atomic E-state index is -0.608. The van der Waals surface area contributed by atoms with E-state index in [4.69, 9.17) is 0 Å². The summed E-state index contributed by atoms with van der Waals surface area (Å²) in [6, 6.07) is 21.5. The molecule has 1 aliphatic rings. The van der Waals surface area contributed by atoms with Crippen molar-refractivity contribution in [2.45, 2.75) is 19.1 Å². The van der Waals surface area contributed by atoms with Gasteiger partial charge in [0.05, 0.1) is 11.8 Å². The van der Waals surface area contributed by atoms with Gasteiger partial charge < -0.3 is 10.4 Å². The molecule has 0 aliphatic carbocycles.